The van der Waals surface area contributed by atoms with Crippen LogP contribution in [0, 0.1) is 0 Å². The highest BCUT2D eigenvalue weighted by atomic mass is 19.4. The van der Waals surface area contributed by atoms with Crippen LogP contribution in [-0.2, 0) is 17.4 Å². The van der Waals surface area contributed by atoms with Gasteiger partial charge in [0, 0.05) is 31.7 Å². The van der Waals surface area contributed by atoms with Crippen molar-refractivity contribution in [3.63, 3.8) is 0 Å². The number of alkyl halides is 3. The molecular weight excluding hydrogens is 359 g/mol. The van der Waals surface area contributed by atoms with Crippen LogP contribution in [0.2, 0.25) is 0 Å². The van der Waals surface area contributed by atoms with Gasteiger partial charge < -0.3 is 9.30 Å². The number of piperidine rings is 1. The van der Waals surface area contributed by atoms with E-state index in [1.807, 2.05) is 35.0 Å². The largest absolute Gasteiger partial charge is 0.435 e. The number of likely N-dealkylation sites (tertiary alicyclic amines) is 1. The molecule has 6 nitrogen and oxygen atoms in total. The Morgan fingerprint density at radius 1 is 1.22 bits per heavy atom. The molecule has 1 saturated heterocycles. The zero-order chi connectivity index (χ0) is 19.0. The Kier molecular flexibility index (Phi) is 4.37. The normalized spacial score (nSPS) is 18.2. The second kappa shape index (κ2) is 6.71. The molecule has 1 unspecified atom stereocenters. The molecule has 0 saturated carbocycles. The van der Waals surface area contributed by atoms with Crippen LogP contribution in [-0.4, -0.2) is 43.1 Å². The number of aromatic nitrogens is 4. The van der Waals surface area contributed by atoms with Gasteiger partial charge in [-0.2, -0.15) is 18.3 Å². The third kappa shape index (κ3) is 3.67. The number of imidazole rings is 1. The van der Waals surface area contributed by atoms with E-state index in [4.69, 9.17) is 0 Å². The van der Waals surface area contributed by atoms with Crippen LogP contribution in [0.25, 0.3) is 5.65 Å². The molecule has 1 amide bonds. The highest BCUT2D eigenvalue weighted by Gasteiger charge is 2.35. The van der Waals surface area contributed by atoms with Crippen LogP contribution in [0.5, 0.6) is 0 Å². The fraction of sp³-hybridized carbons (Fsp3) is 0.389. The van der Waals surface area contributed by atoms with Crippen molar-refractivity contribution >= 4 is 11.6 Å². The van der Waals surface area contributed by atoms with Crippen molar-refractivity contribution in [2.75, 3.05) is 13.1 Å². The van der Waals surface area contributed by atoms with E-state index in [-0.39, 0.29) is 18.4 Å². The molecule has 0 spiro atoms. The summed E-state index contributed by atoms with van der Waals surface area (Å²) >= 11 is 0. The maximum Gasteiger partial charge on any atom is 0.435 e. The summed E-state index contributed by atoms with van der Waals surface area (Å²) in [6.45, 7) is 0.946. The highest BCUT2D eigenvalue weighted by Crippen LogP contribution is 2.29. The van der Waals surface area contributed by atoms with Crippen LogP contribution >= 0.6 is 0 Å². The maximum absolute atomic E-state index is 12.8. The smallest absolute Gasteiger partial charge is 0.340 e. The molecule has 9 heteroatoms. The lowest BCUT2D eigenvalue weighted by atomic mass is 10.1. The van der Waals surface area contributed by atoms with Crippen molar-refractivity contribution in [1.82, 2.24) is 24.1 Å². The second-order valence-electron chi connectivity index (χ2n) is 6.69. The summed E-state index contributed by atoms with van der Waals surface area (Å²) in [6, 6.07) is 6.34. The fourth-order valence-electron chi connectivity index (χ4n) is 3.43. The minimum atomic E-state index is -4.46. The van der Waals surface area contributed by atoms with E-state index < -0.39 is 11.9 Å². The summed E-state index contributed by atoms with van der Waals surface area (Å²) in [5, 5.41) is 3.65. The molecule has 1 aliphatic heterocycles. The van der Waals surface area contributed by atoms with Crippen LogP contribution in [0.1, 0.15) is 30.3 Å². The van der Waals surface area contributed by atoms with Crippen molar-refractivity contribution in [2.24, 2.45) is 0 Å². The fourth-order valence-corrected chi connectivity index (χ4v) is 3.43. The number of hydrogen-bond donors (Lipinski definition) is 0. The average Bonchev–Trinajstić information content (AvgIpc) is 3.28. The molecule has 0 radical (unpaired) electrons. The molecule has 0 aromatic carbocycles. The van der Waals surface area contributed by atoms with Crippen molar-refractivity contribution in [3.8, 4) is 0 Å². The molecule has 0 bridgehead atoms. The van der Waals surface area contributed by atoms with Gasteiger partial charge >= 0.3 is 6.18 Å². The van der Waals surface area contributed by atoms with Crippen molar-refractivity contribution in [1.29, 1.82) is 0 Å². The summed E-state index contributed by atoms with van der Waals surface area (Å²) in [6.07, 6.45) is 2.14. The van der Waals surface area contributed by atoms with Crippen LogP contribution in [0.15, 0.2) is 42.9 Å². The first kappa shape index (κ1) is 17.6. The van der Waals surface area contributed by atoms with E-state index in [0.29, 0.717) is 25.2 Å². The number of halogens is 3. The number of rotatable bonds is 3. The molecule has 1 atom stereocenters. The van der Waals surface area contributed by atoms with E-state index in [2.05, 4.69) is 10.1 Å². The number of nitrogens with zero attached hydrogens (tertiary/aromatic N) is 5. The lowest BCUT2D eigenvalue weighted by Gasteiger charge is -2.32. The molecule has 0 N–H and O–H groups in total. The number of fused-ring (bicyclic) bond motifs is 1. The Hall–Kier alpha value is -2.84. The third-order valence-corrected chi connectivity index (χ3v) is 4.77. The number of carbonyl (C=O) groups excluding carboxylic acids is 1. The lowest BCUT2D eigenvalue weighted by molar-refractivity contribution is -0.142. The molecule has 3 aromatic heterocycles. The first-order valence-electron chi connectivity index (χ1n) is 8.73. The minimum absolute atomic E-state index is 0.0775. The Bertz CT molecular complexity index is 928. The number of carbonyl (C=O) groups is 1. The quantitative estimate of drug-likeness (QED) is 0.705. The topological polar surface area (TPSA) is 55.4 Å². The lowest BCUT2D eigenvalue weighted by Crippen LogP contribution is -2.41. The molecule has 4 rings (SSSR count). The summed E-state index contributed by atoms with van der Waals surface area (Å²) in [5.74, 6) is -0.0775. The van der Waals surface area contributed by atoms with Crippen LogP contribution < -0.4 is 0 Å². The molecule has 0 aliphatic carbocycles. The van der Waals surface area contributed by atoms with E-state index in [1.54, 1.807) is 4.90 Å². The summed E-state index contributed by atoms with van der Waals surface area (Å²) in [7, 11) is 0. The standard InChI is InChI=1S/C18H18F3N5O/c19-18(20,21)15-6-9-26(23-15)14-4-3-8-25(12-14)17(27)10-13-11-24-7-2-1-5-16(24)22-13/h1-2,5-7,9,11,14H,3-4,8,10,12H2. The molecule has 4 heterocycles. The van der Waals surface area contributed by atoms with E-state index >= 15 is 0 Å². The SMILES string of the molecule is O=C(Cc1cn2ccccc2n1)N1CCCC(n2ccc(C(F)(F)F)n2)C1. The first-order chi connectivity index (χ1) is 12.9. The monoisotopic (exact) mass is 377 g/mol. The van der Waals surface area contributed by atoms with Gasteiger partial charge in [0.15, 0.2) is 5.69 Å². The van der Waals surface area contributed by atoms with Gasteiger partial charge in [-0.05, 0) is 31.0 Å². The number of pyridine rings is 1. The van der Waals surface area contributed by atoms with Gasteiger partial charge in [0.2, 0.25) is 5.91 Å². The van der Waals surface area contributed by atoms with Gasteiger partial charge in [-0.25, -0.2) is 4.98 Å². The molecule has 142 valence electrons. The predicted molar refractivity (Wildman–Crippen MR) is 91.0 cm³/mol. The van der Waals surface area contributed by atoms with Gasteiger partial charge in [-0.3, -0.25) is 9.48 Å². The zero-order valence-electron chi connectivity index (χ0n) is 14.4. The van der Waals surface area contributed by atoms with Gasteiger partial charge in [-0.15, -0.1) is 0 Å². The maximum atomic E-state index is 12.8. The molecule has 27 heavy (non-hydrogen) atoms. The molecular formula is C18H18F3N5O. The predicted octanol–water partition coefficient (Wildman–Crippen LogP) is 2.96. The number of hydrogen-bond acceptors (Lipinski definition) is 3. The van der Waals surface area contributed by atoms with Gasteiger partial charge in [0.25, 0.3) is 0 Å². The summed E-state index contributed by atoms with van der Waals surface area (Å²) in [4.78, 5) is 18.8. The van der Waals surface area contributed by atoms with Gasteiger partial charge in [0.1, 0.15) is 5.65 Å². The number of amides is 1. The van der Waals surface area contributed by atoms with Gasteiger partial charge in [-0.1, -0.05) is 6.07 Å². The first-order valence-corrected chi connectivity index (χ1v) is 8.73. The van der Waals surface area contributed by atoms with Crippen molar-refractivity contribution in [3.05, 3.63) is 54.2 Å². The Labute approximate surface area is 153 Å². The Balaban J connectivity index is 1.44. The van der Waals surface area contributed by atoms with E-state index in [9.17, 15) is 18.0 Å². The molecule has 1 aliphatic rings. The van der Waals surface area contributed by atoms with Crippen molar-refractivity contribution < 1.29 is 18.0 Å². The van der Waals surface area contributed by atoms with E-state index in [0.717, 1.165) is 18.1 Å². The minimum Gasteiger partial charge on any atom is -0.340 e. The Morgan fingerprint density at radius 2 is 2.07 bits per heavy atom. The second-order valence-corrected chi connectivity index (χ2v) is 6.69. The zero-order valence-corrected chi connectivity index (χ0v) is 14.4. The van der Waals surface area contributed by atoms with Crippen LogP contribution in [0.4, 0.5) is 13.2 Å². The van der Waals surface area contributed by atoms with Crippen molar-refractivity contribution in [2.45, 2.75) is 31.5 Å². The highest BCUT2D eigenvalue weighted by molar-refractivity contribution is 5.78. The summed E-state index contributed by atoms with van der Waals surface area (Å²) in [5.41, 5.74) is 0.537. The summed E-state index contributed by atoms with van der Waals surface area (Å²) < 4.78 is 41.4. The van der Waals surface area contributed by atoms with Crippen LogP contribution in [0.3, 0.4) is 0 Å². The average molecular weight is 377 g/mol. The third-order valence-electron chi connectivity index (χ3n) is 4.77. The Morgan fingerprint density at radius 3 is 2.81 bits per heavy atom. The molecule has 3 aromatic rings. The van der Waals surface area contributed by atoms with E-state index in [1.165, 1.54) is 10.9 Å². The molecule has 1 fully saturated rings. The van der Waals surface area contributed by atoms with Gasteiger partial charge in [0.05, 0.1) is 18.2 Å².